The predicted molar refractivity (Wildman–Crippen MR) is 86.4 cm³/mol. The van der Waals surface area contributed by atoms with Crippen molar-refractivity contribution < 1.29 is 9.48 Å². The molecule has 0 unspecified atom stereocenters. The number of hydrogen-bond donors (Lipinski definition) is 0. The van der Waals surface area contributed by atoms with E-state index in [0.717, 1.165) is 17.0 Å². The van der Waals surface area contributed by atoms with Gasteiger partial charge in [-0.3, -0.25) is 14.8 Å². The molecule has 1 atom stereocenters. The largest absolute Gasteiger partial charge is 0.318 e. The maximum Gasteiger partial charge on any atom is 0.318 e. The molecule has 2 heterocycles. The molecule has 1 aromatic heterocycles. The van der Waals surface area contributed by atoms with Crippen molar-refractivity contribution in [2.24, 2.45) is 4.99 Å². The summed E-state index contributed by atoms with van der Waals surface area (Å²) in [4.78, 5) is 21.1. The Balaban J connectivity index is 1.89. The summed E-state index contributed by atoms with van der Waals surface area (Å²) >= 11 is 0. The number of carbonyl (C=O) groups is 1. The van der Waals surface area contributed by atoms with Crippen LogP contribution in [0, 0.1) is 0 Å². The highest BCUT2D eigenvalue weighted by Gasteiger charge is 2.44. The fraction of sp³-hybridized carbons (Fsp3) is 0.176. The highest BCUT2D eigenvalue weighted by atomic mass is 16.2. The molecule has 0 aliphatic carbocycles. The lowest BCUT2D eigenvalue weighted by Gasteiger charge is -2.10. The zero-order chi connectivity index (χ0) is 15.5. The van der Waals surface area contributed by atoms with E-state index >= 15 is 0 Å². The van der Waals surface area contributed by atoms with Crippen molar-refractivity contribution in [1.82, 2.24) is 4.98 Å². The van der Waals surface area contributed by atoms with E-state index in [1.165, 1.54) is 0 Å². The van der Waals surface area contributed by atoms with Gasteiger partial charge in [0.25, 0.3) is 0 Å². The summed E-state index contributed by atoms with van der Waals surface area (Å²) < 4.78 is 1.85. The molecule has 1 amide bonds. The van der Waals surface area contributed by atoms with E-state index in [2.05, 4.69) is 9.98 Å². The quantitative estimate of drug-likeness (QED) is 0.641. The lowest BCUT2D eigenvalue weighted by atomic mass is 10.2. The number of rotatable bonds is 3. The minimum atomic E-state index is -0.488. The number of nitrogens with zero attached hydrogens (tertiary/aromatic N) is 4. The zero-order valence-electron chi connectivity index (χ0n) is 12.5. The van der Waals surface area contributed by atoms with E-state index in [1.54, 1.807) is 23.6 Å². The van der Waals surface area contributed by atoms with Gasteiger partial charge in [-0.2, -0.15) is 0 Å². The van der Waals surface area contributed by atoms with Crippen molar-refractivity contribution in [2.75, 3.05) is 12.1 Å². The average molecular weight is 293 g/mol. The Morgan fingerprint density at radius 1 is 1.18 bits per heavy atom. The molecule has 0 fully saturated rings. The summed E-state index contributed by atoms with van der Waals surface area (Å²) in [6.07, 6.45) is 5.13. The molecule has 1 aliphatic heterocycles. The molecule has 5 nitrogen and oxygen atoms in total. The molecule has 1 aliphatic rings. The van der Waals surface area contributed by atoms with E-state index in [4.69, 9.17) is 0 Å². The number of para-hydroxylation sites is 1. The van der Waals surface area contributed by atoms with Crippen molar-refractivity contribution >= 4 is 23.5 Å². The molecular formula is C17H17N4O+. The molecular weight excluding hydrogens is 276 g/mol. The summed E-state index contributed by atoms with van der Waals surface area (Å²) in [5.74, 6) is -0.0449. The van der Waals surface area contributed by atoms with Crippen LogP contribution in [-0.2, 0) is 4.79 Å². The molecule has 0 saturated carbocycles. The monoisotopic (exact) mass is 293 g/mol. The third-order valence-corrected chi connectivity index (χ3v) is 3.73. The van der Waals surface area contributed by atoms with Gasteiger partial charge < -0.3 is 0 Å². The first kappa shape index (κ1) is 14.1. The fourth-order valence-corrected chi connectivity index (χ4v) is 2.43. The van der Waals surface area contributed by atoms with Crippen LogP contribution >= 0.6 is 0 Å². The Morgan fingerprint density at radius 2 is 1.86 bits per heavy atom. The second-order valence-electron chi connectivity index (χ2n) is 5.11. The van der Waals surface area contributed by atoms with Gasteiger partial charge in [0.05, 0.1) is 0 Å². The standard InChI is InChI=1S/C17H17N4O/c1-13-16(19-12-14-8-10-18-11-9-14)17(22)21(20(13)2)15-6-4-3-5-7-15/h3-12,16H,1-2H3/q+1/t16-/m0/s1. The summed E-state index contributed by atoms with van der Waals surface area (Å²) in [5.41, 5.74) is 2.67. The molecule has 1 aromatic carbocycles. The van der Waals surface area contributed by atoms with Gasteiger partial charge in [0.2, 0.25) is 11.8 Å². The van der Waals surface area contributed by atoms with E-state index in [1.807, 2.05) is 61.1 Å². The van der Waals surface area contributed by atoms with Crippen LogP contribution in [0.5, 0.6) is 0 Å². The predicted octanol–water partition coefficient (Wildman–Crippen LogP) is 1.93. The smallest absolute Gasteiger partial charge is 0.268 e. The van der Waals surface area contributed by atoms with Gasteiger partial charge in [0, 0.05) is 25.5 Å². The number of amides is 1. The number of benzene rings is 1. The van der Waals surface area contributed by atoms with Crippen LogP contribution in [0.3, 0.4) is 0 Å². The second kappa shape index (κ2) is 5.89. The lowest BCUT2D eigenvalue weighted by molar-refractivity contribution is -0.495. The topological polar surface area (TPSA) is 48.6 Å². The molecule has 0 radical (unpaired) electrons. The first-order valence-corrected chi connectivity index (χ1v) is 7.08. The van der Waals surface area contributed by atoms with Crippen LogP contribution in [-0.4, -0.2) is 40.6 Å². The summed E-state index contributed by atoms with van der Waals surface area (Å²) in [5, 5.41) is 1.66. The lowest BCUT2D eigenvalue weighted by Crippen LogP contribution is -2.35. The van der Waals surface area contributed by atoms with Gasteiger partial charge in [0.15, 0.2) is 7.05 Å². The maximum atomic E-state index is 12.7. The van der Waals surface area contributed by atoms with E-state index < -0.39 is 6.04 Å². The van der Waals surface area contributed by atoms with Gasteiger partial charge in [-0.15, -0.1) is 4.68 Å². The number of anilines is 1. The Hall–Kier alpha value is -2.82. The number of pyridine rings is 1. The number of aliphatic imine (C=N–C) groups is 1. The molecule has 0 bridgehead atoms. The summed E-state index contributed by atoms with van der Waals surface area (Å²) in [6, 6.07) is 12.8. The molecule has 0 N–H and O–H groups in total. The van der Waals surface area contributed by atoms with Crippen molar-refractivity contribution in [2.45, 2.75) is 13.0 Å². The third-order valence-electron chi connectivity index (χ3n) is 3.73. The van der Waals surface area contributed by atoms with Crippen molar-refractivity contribution in [3.05, 3.63) is 60.4 Å². The number of aromatic nitrogens is 1. The highest BCUT2D eigenvalue weighted by molar-refractivity contribution is 6.15. The second-order valence-corrected chi connectivity index (χ2v) is 5.11. The number of carbonyl (C=O) groups excluding carboxylic acids is 1. The SMILES string of the molecule is CC1=[N+](C)N(c2ccccc2)C(=O)[C@H]1N=Cc1ccncc1. The minimum absolute atomic E-state index is 0.0449. The van der Waals surface area contributed by atoms with Crippen LogP contribution in [0.25, 0.3) is 0 Å². The normalized spacial score (nSPS) is 18.5. The molecule has 110 valence electrons. The molecule has 2 aromatic rings. The zero-order valence-corrected chi connectivity index (χ0v) is 12.5. The number of hydrazine groups is 1. The molecule has 0 spiro atoms. The molecule has 22 heavy (non-hydrogen) atoms. The van der Waals surface area contributed by atoms with Gasteiger partial charge in [-0.05, 0) is 29.8 Å². The molecule has 0 saturated heterocycles. The van der Waals surface area contributed by atoms with Crippen LogP contribution in [0.1, 0.15) is 12.5 Å². The Bertz CT molecular complexity index is 738. The van der Waals surface area contributed by atoms with Crippen LogP contribution < -0.4 is 5.01 Å². The summed E-state index contributed by atoms with van der Waals surface area (Å²) in [7, 11) is 1.88. The Labute approximate surface area is 129 Å². The van der Waals surface area contributed by atoms with E-state index in [0.29, 0.717) is 0 Å². The molecule has 5 heteroatoms. The highest BCUT2D eigenvalue weighted by Crippen LogP contribution is 2.20. The van der Waals surface area contributed by atoms with Gasteiger partial charge in [0.1, 0.15) is 5.69 Å². The van der Waals surface area contributed by atoms with Crippen molar-refractivity contribution in [3.8, 4) is 0 Å². The van der Waals surface area contributed by atoms with Crippen molar-refractivity contribution in [1.29, 1.82) is 0 Å². The molecule has 3 rings (SSSR count). The number of hydrazone groups is 1. The maximum absolute atomic E-state index is 12.7. The average Bonchev–Trinajstić information content (AvgIpc) is 2.77. The first-order valence-electron chi connectivity index (χ1n) is 7.08. The van der Waals surface area contributed by atoms with Crippen LogP contribution in [0.4, 0.5) is 5.69 Å². The van der Waals surface area contributed by atoms with E-state index in [-0.39, 0.29) is 5.91 Å². The third kappa shape index (κ3) is 2.53. The summed E-state index contributed by atoms with van der Waals surface area (Å²) in [6.45, 7) is 1.93. The van der Waals surface area contributed by atoms with E-state index in [9.17, 15) is 4.79 Å². The number of hydrogen-bond acceptors (Lipinski definition) is 3. The first-order chi connectivity index (χ1) is 10.7. The van der Waals surface area contributed by atoms with Crippen LogP contribution in [0.2, 0.25) is 0 Å². The van der Waals surface area contributed by atoms with Gasteiger partial charge in [-0.1, -0.05) is 23.2 Å². The Morgan fingerprint density at radius 3 is 2.55 bits per heavy atom. The van der Waals surface area contributed by atoms with Crippen molar-refractivity contribution in [3.63, 3.8) is 0 Å². The minimum Gasteiger partial charge on any atom is -0.268 e. The fourth-order valence-electron chi connectivity index (χ4n) is 2.43. The van der Waals surface area contributed by atoms with Crippen LogP contribution in [0.15, 0.2) is 59.9 Å². The van der Waals surface area contributed by atoms with Gasteiger partial charge in [-0.25, -0.2) is 0 Å². The van der Waals surface area contributed by atoms with Gasteiger partial charge >= 0.3 is 5.91 Å². The Kier molecular flexibility index (Phi) is 3.78.